The summed E-state index contributed by atoms with van der Waals surface area (Å²) >= 11 is 0. The molecule has 22 heavy (non-hydrogen) atoms. The van der Waals surface area contributed by atoms with Crippen molar-refractivity contribution in [2.45, 2.75) is 45.4 Å². The maximum atomic E-state index is 12.2. The van der Waals surface area contributed by atoms with Gasteiger partial charge in [-0.25, -0.2) is 0 Å². The van der Waals surface area contributed by atoms with Crippen molar-refractivity contribution in [2.75, 3.05) is 7.11 Å². The summed E-state index contributed by atoms with van der Waals surface area (Å²) in [6.07, 6.45) is 9.67. The van der Waals surface area contributed by atoms with Crippen LogP contribution in [0.5, 0.6) is 0 Å². The van der Waals surface area contributed by atoms with E-state index in [1.807, 2.05) is 30.4 Å². The maximum Gasteiger partial charge on any atom is 0.312 e. The highest BCUT2D eigenvalue weighted by molar-refractivity contribution is 5.98. The minimum Gasteiger partial charge on any atom is -0.469 e. The second kappa shape index (κ2) is 10.8. The quantitative estimate of drug-likeness (QED) is 0.275. The van der Waals surface area contributed by atoms with Gasteiger partial charge in [-0.3, -0.25) is 9.59 Å². The smallest absolute Gasteiger partial charge is 0.312 e. The molecule has 0 amide bonds. The predicted molar refractivity (Wildman–Crippen MR) is 88.8 cm³/mol. The van der Waals surface area contributed by atoms with Gasteiger partial charge in [-0.1, -0.05) is 68.7 Å². The van der Waals surface area contributed by atoms with Crippen molar-refractivity contribution in [1.82, 2.24) is 0 Å². The molecule has 1 aromatic carbocycles. The van der Waals surface area contributed by atoms with Gasteiger partial charge in [0.15, 0.2) is 5.78 Å². The van der Waals surface area contributed by atoms with E-state index in [0.717, 1.165) is 12.8 Å². The number of benzene rings is 1. The molecular weight excluding hydrogens is 276 g/mol. The molecule has 0 saturated carbocycles. The Balaban J connectivity index is 2.55. The molecule has 0 N–H and O–H groups in total. The predicted octanol–water partition coefficient (Wildman–Crippen LogP) is 4.58. The number of carbonyl (C=O) groups excluding carboxylic acids is 2. The first-order valence-corrected chi connectivity index (χ1v) is 8.01. The second-order valence-electron chi connectivity index (χ2n) is 5.40. The fourth-order valence-corrected chi connectivity index (χ4v) is 2.27. The number of Topliss-reactive ketones (excluding diaryl/α,β-unsaturated/α-hetero) is 1. The zero-order valence-electron chi connectivity index (χ0n) is 13.6. The van der Waals surface area contributed by atoms with Gasteiger partial charge in [0.25, 0.3) is 0 Å². The summed E-state index contributed by atoms with van der Waals surface area (Å²) in [5.74, 6) is -0.885. The molecule has 0 aliphatic rings. The Kier molecular flexibility index (Phi) is 8.89. The van der Waals surface area contributed by atoms with E-state index in [9.17, 15) is 9.59 Å². The van der Waals surface area contributed by atoms with Crippen molar-refractivity contribution in [1.29, 1.82) is 0 Å². The van der Waals surface area contributed by atoms with E-state index in [0.29, 0.717) is 5.56 Å². The Morgan fingerprint density at radius 1 is 1.14 bits per heavy atom. The number of unbranched alkanes of at least 4 members (excludes halogenated alkanes) is 4. The molecule has 0 spiro atoms. The van der Waals surface area contributed by atoms with E-state index in [-0.39, 0.29) is 18.2 Å². The summed E-state index contributed by atoms with van der Waals surface area (Å²) in [7, 11) is 1.36. The van der Waals surface area contributed by atoms with Crippen molar-refractivity contribution in [2.24, 2.45) is 5.92 Å². The molecule has 1 atom stereocenters. The Morgan fingerprint density at radius 3 is 2.50 bits per heavy atom. The van der Waals surface area contributed by atoms with Gasteiger partial charge in [-0.05, 0) is 12.8 Å². The van der Waals surface area contributed by atoms with Crippen LogP contribution in [0.15, 0.2) is 42.5 Å². The summed E-state index contributed by atoms with van der Waals surface area (Å²) in [5.41, 5.74) is 0.632. The van der Waals surface area contributed by atoms with E-state index in [2.05, 4.69) is 6.92 Å². The van der Waals surface area contributed by atoms with E-state index < -0.39 is 5.92 Å². The molecule has 0 fully saturated rings. The maximum absolute atomic E-state index is 12.2. The van der Waals surface area contributed by atoms with Gasteiger partial charge in [-0.2, -0.15) is 0 Å². The number of hydrogen-bond donors (Lipinski definition) is 0. The lowest BCUT2D eigenvalue weighted by molar-refractivity contribution is -0.143. The van der Waals surface area contributed by atoms with Crippen LogP contribution in [0.4, 0.5) is 0 Å². The van der Waals surface area contributed by atoms with Gasteiger partial charge in [0, 0.05) is 12.0 Å². The number of hydrogen-bond acceptors (Lipinski definition) is 3. The minimum absolute atomic E-state index is 0.0355. The number of ether oxygens (including phenoxy) is 1. The third kappa shape index (κ3) is 6.70. The van der Waals surface area contributed by atoms with Gasteiger partial charge < -0.3 is 4.74 Å². The highest BCUT2D eigenvalue weighted by atomic mass is 16.5. The van der Waals surface area contributed by atoms with Crippen LogP contribution in [0.3, 0.4) is 0 Å². The summed E-state index contributed by atoms with van der Waals surface area (Å²) in [6, 6.07) is 9.05. The van der Waals surface area contributed by atoms with Crippen LogP contribution in [0, 0.1) is 5.92 Å². The molecule has 0 aliphatic heterocycles. The van der Waals surface area contributed by atoms with Crippen LogP contribution in [0.25, 0.3) is 0 Å². The lowest BCUT2D eigenvalue weighted by Gasteiger charge is -2.10. The highest BCUT2D eigenvalue weighted by Crippen LogP contribution is 2.14. The largest absolute Gasteiger partial charge is 0.469 e. The fourth-order valence-electron chi connectivity index (χ4n) is 2.27. The fraction of sp³-hybridized carbons (Fsp3) is 0.474. The molecule has 0 unspecified atom stereocenters. The molecule has 0 aromatic heterocycles. The van der Waals surface area contributed by atoms with Crippen LogP contribution in [-0.2, 0) is 9.53 Å². The molecule has 0 heterocycles. The molecule has 1 aromatic rings. The number of carbonyl (C=O) groups is 2. The average Bonchev–Trinajstić information content (AvgIpc) is 2.56. The van der Waals surface area contributed by atoms with Crippen molar-refractivity contribution >= 4 is 11.8 Å². The molecule has 0 bridgehead atoms. The third-order valence-electron chi connectivity index (χ3n) is 3.60. The molecular formula is C19H26O3. The summed E-state index contributed by atoms with van der Waals surface area (Å²) < 4.78 is 4.80. The Hall–Kier alpha value is -1.90. The lowest BCUT2D eigenvalue weighted by Crippen LogP contribution is -2.18. The van der Waals surface area contributed by atoms with Crippen molar-refractivity contribution < 1.29 is 14.3 Å². The summed E-state index contributed by atoms with van der Waals surface area (Å²) in [5, 5.41) is 0. The first kappa shape index (κ1) is 18.1. The second-order valence-corrected chi connectivity index (χ2v) is 5.40. The van der Waals surface area contributed by atoms with E-state index in [1.165, 1.54) is 26.4 Å². The van der Waals surface area contributed by atoms with Crippen LogP contribution < -0.4 is 0 Å². The zero-order chi connectivity index (χ0) is 16.2. The minimum atomic E-state index is -0.496. The first-order valence-electron chi connectivity index (χ1n) is 8.01. The monoisotopic (exact) mass is 302 g/mol. The van der Waals surface area contributed by atoms with E-state index in [1.54, 1.807) is 12.1 Å². The average molecular weight is 302 g/mol. The Morgan fingerprint density at radius 2 is 1.86 bits per heavy atom. The topological polar surface area (TPSA) is 43.4 Å². The van der Waals surface area contributed by atoms with Crippen LogP contribution in [0.1, 0.15) is 55.8 Å². The number of rotatable bonds is 10. The molecule has 0 aliphatic carbocycles. The van der Waals surface area contributed by atoms with Crippen molar-refractivity contribution in [3.63, 3.8) is 0 Å². The van der Waals surface area contributed by atoms with E-state index in [4.69, 9.17) is 4.74 Å². The molecule has 0 saturated heterocycles. The van der Waals surface area contributed by atoms with Gasteiger partial charge in [-0.15, -0.1) is 0 Å². The van der Waals surface area contributed by atoms with Crippen molar-refractivity contribution in [3.8, 4) is 0 Å². The Bertz CT molecular complexity index is 477. The normalized spacial score (nSPS) is 12.3. The summed E-state index contributed by atoms with van der Waals surface area (Å²) in [6.45, 7) is 2.18. The molecule has 3 heteroatoms. The van der Waals surface area contributed by atoms with Crippen LogP contribution in [-0.4, -0.2) is 18.9 Å². The van der Waals surface area contributed by atoms with Gasteiger partial charge in [0.2, 0.25) is 0 Å². The van der Waals surface area contributed by atoms with Crippen LogP contribution >= 0.6 is 0 Å². The van der Waals surface area contributed by atoms with Gasteiger partial charge in [0.05, 0.1) is 13.0 Å². The highest BCUT2D eigenvalue weighted by Gasteiger charge is 2.20. The molecule has 3 nitrogen and oxygen atoms in total. The molecule has 0 radical (unpaired) electrons. The first-order chi connectivity index (χ1) is 10.7. The zero-order valence-corrected chi connectivity index (χ0v) is 13.6. The lowest BCUT2D eigenvalue weighted by atomic mass is 9.97. The number of methoxy groups -OCH3 is 1. The third-order valence-corrected chi connectivity index (χ3v) is 3.60. The SMILES string of the molecule is CCCCCC/C=C/[C@H](CC(=O)c1ccccc1)C(=O)OC. The van der Waals surface area contributed by atoms with Gasteiger partial charge >= 0.3 is 5.97 Å². The number of allylic oxidation sites excluding steroid dienone is 1. The van der Waals surface area contributed by atoms with Gasteiger partial charge in [0.1, 0.15) is 0 Å². The molecule has 120 valence electrons. The van der Waals surface area contributed by atoms with Crippen molar-refractivity contribution in [3.05, 3.63) is 48.0 Å². The summed E-state index contributed by atoms with van der Waals surface area (Å²) in [4.78, 5) is 24.0. The standard InChI is InChI=1S/C19H26O3/c1-3-4-5-6-7-9-14-17(19(21)22-2)15-18(20)16-12-10-8-11-13-16/h8-14,17H,3-7,15H2,1-2H3/b14-9+/t17-/m1/s1. The number of esters is 1. The number of ketones is 1. The molecule has 1 rings (SSSR count). The van der Waals surface area contributed by atoms with E-state index >= 15 is 0 Å². The Labute approximate surface area is 133 Å². The van der Waals surface area contributed by atoms with Crippen LogP contribution in [0.2, 0.25) is 0 Å².